The van der Waals surface area contributed by atoms with Crippen molar-refractivity contribution in [3.63, 3.8) is 0 Å². The molecule has 0 saturated carbocycles. The molecule has 0 saturated heterocycles. The van der Waals surface area contributed by atoms with Gasteiger partial charge in [-0.05, 0) is 12.1 Å². The number of carbonyl (C=O) groups is 2. The summed E-state index contributed by atoms with van der Waals surface area (Å²) < 4.78 is 29.7. The highest BCUT2D eigenvalue weighted by Gasteiger charge is 2.31. The first-order valence-corrected chi connectivity index (χ1v) is 5.40. The zero-order chi connectivity index (χ0) is 12.3. The molecule has 0 aliphatic carbocycles. The normalized spacial score (nSPS) is 10.8. The summed E-state index contributed by atoms with van der Waals surface area (Å²) in [5, 5.41) is 0. The fourth-order valence-electron chi connectivity index (χ4n) is 1.02. The predicted molar refractivity (Wildman–Crippen MR) is 53.7 cm³/mol. The third kappa shape index (κ3) is 2.55. The van der Waals surface area contributed by atoms with Crippen LogP contribution in [0, 0.1) is 0 Å². The number of benzene rings is 1. The molecule has 0 spiro atoms. The number of primary amides is 1. The lowest BCUT2D eigenvalue weighted by Gasteiger charge is -2.13. The molecule has 0 bridgehead atoms. The van der Waals surface area contributed by atoms with Crippen molar-refractivity contribution in [2.24, 2.45) is 5.73 Å². The zero-order valence-corrected chi connectivity index (χ0v) is 8.72. The number of rotatable bonds is 2. The highest BCUT2D eigenvalue weighted by atomic mass is 32.2. The molecule has 0 heterocycles. The van der Waals surface area contributed by atoms with Crippen LogP contribution in [0.25, 0.3) is 0 Å². The van der Waals surface area contributed by atoms with E-state index in [-0.39, 0.29) is 5.56 Å². The van der Waals surface area contributed by atoms with Crippen LogP contribution in [-0.4, -0.2) is 29.2 Å². The fourth-order valence-corrected chi connectivity index (χ4v) is 1.56. The third-order valence-corrected chi connectivity index (χ3v) is 2.44. The van der Waals surface area contributed by atoms with E-state index in [1.807, 2.05) is 0 Å². The second-order valence-electron chi connectivity index (χ2n) is 2.75. The minimum atomic E-state index is -5.00. The Morgan fingerprint density at radius 2 is 1.69 bits per heavy atom. The third-order valence-electron chi connectivity index (χ3n) is 1.64. The van der Waals surface area contributed by atoms with Crippen molar-refractivity contribution in [2.45, 2.75) is 0 Å². The van der Waals surface area contributed by atoms with Gasteiger partial charge >= 0.3 is 16.3 Å². The molecule has 1 aromatic rings. The summed E-state index contributed by atoms with van der Waals surface area (Å²) in [6.45, 7) is 0. The first-order chi connectivity index (χ1) is 7.34. The highest BCUT2D eigenvalue weighted by molar-refractivity contribution is 7.84. The molecule has 0 atom stereocenters. The fraction of sp³-hybridized carbons (Fsp3) is 0. The number of amides is 3. The number of nitrogens with zero attached hydrogens (tertiary/aromatic N) is 1. The van der Waals surface area contributed by atoms with Gasteiger partial charge < -0.3 is 5.73 Å². The molecule has 0 fully saturated rings. The van der Waals surface area contributed by atoms with E-state index in [9.17, 15) is 18.0 Å². The van der Waals surface area contributed by atoms with Crippen molar-refractivity contribution in [1.29, 1.82) is 0 Å². The van der Waals surface area contributed by atoms with Gasteiger partial charge in [0.1, 0.15) is 0 Å². The largest absolute Gasteiger partial charge is 0.370 e. The van der Waals surface area contributed by atoms with Gasteiger partial charge in [-0.15, -0.1) is 4.31 Å². The van der Waals surface area contributed by atoms with E-state index >= 15 is 0 Å². The molecule has 0 aliphatic heterocycles. The predicted octanol–water partition coefficient (Wildman–Crippen LogP) is 0.0103. The second-order valence-corrected chi connectivity index (χ2v) is 4.01. The first-order valence-electron chi connectivity index (χ1n) is 4.00. The Bertz CT molecular complexity index is 510. The number of urea groups is 1. The van der Waals surface area contributed by atoms with Gasteiger partial charge in [-0.1, -0.05) is 18.2 Å². The van der Waals surface area contributed by atoms with Crippen LogP contribution in [0.3, 0.4) is 0 Å². The topological polar surface area (TPSA) is 118 Å². The van der Waals surface area contributed by atoms with Crippen LogP contribution in [0.15, 0.2) is 30.3 Å². The van der Waals surface area contributed by atoms with E-state index in [1.54, 1.807) is 6.07 Å². The lowest BCUT2D eigenvalue weighted by Crippen LogP contribution is -2.44. The Kier molecular flexibility index (Phi) is 3.25. The average molecular weight is 244 g/mol. The second kappa shape index (κ2) is 4.29. The molecule has 16 heavy (non-hydrogen) atoms. The summed E-state index contributed by atoms with van der Waals surface area (Å²) in [6, 6.07) is 5.52. The molecule has 3 N–H and O–H groups in total. The standard InChI is InChI=1S/C8H8N2O5S/c9-8(12)10(16(13,14)15)7(11)6-4-2-1-3-5-6/h1-5H,(H2,9,12)(H,13,14,15). The summed E-state index contributed by atoms with van der Waals surface area (Å²) in [6.07, 6.45) is 0. The van der Waals surface area contributed by atoms with Crippen LogP contribution in [0.5, 0.6) is 0 Å². The van der Waals surface area contributed by atoms with E-state index in [4.69, 9.17) is 4.55 Å². The molecular weight excluding hydrogens is 236 g/mol. The molecule has 0 unspecified atom stereocenters. The van der Waals surface area contributed by atoms with Crippen molar-refractivity contribution in [3.8, 4) is 0 Å². The van der Waals surface area contributed by atoms with Crippen molar-refractivity contribution < 1.29 is 22.6 Å². The van der Waals surface area contributed by atoms with Gasteiger partial charge in [-0.25, -0.2) is 4.79 Å². The molecular formula is C8H8N2O5S. The smallest absolute Gasteiger partial charge is 0.350 e. The van der Waals surface area contributed by atoms with Crippen LogP contribution < -0.4 is 5.73 Å². The van der Waals surface area contributed by atoms with Crippen molar-refractivity contribution in [3.05, 3.63) is 35.9 Å². The van der Waals surface area contributed by atoms with Crippen LogP contribution in [0.2, 0.25) is 0 Å². The van der Waals surface area contributed by atoms with E-state index < -0.39 is 26.5 Å². The van der Waals surface area contributed by atoms with Gasteiger partial charge in [0, 0.05) is 5.56 Å². The van der Waals surface area contributed by atoms with Crippen LogP contribution in [0.1, 0.15) is 10.4 Å². The number of hydrogen-bond acceptors (Lipinski definition) is 4. The van der Waals surface area contributed by atoms with Gasteiger partial charge in [0.25, 0.3) is 5.91 Å². The Morgan fingerprint density at radius 3 is 2.06 bits per heavy atom. The number of hydrogen-bond donors (Lipinski definition) is 2. The SMILES string of the molecule is NC(=O)N(C(=O)c1ccccc1)S(=O)(=O)O. The van der Waals surface area contributed by atoms with E-state index in [0.717, 1.165) is 0 Å². The minimum absolute atomic E-state index is 0.0843. The van der Waals surface area contributed by atoms with Crippen LogP contribution >= 0.6 is 0 Å². The number of imide groups is 1. The minimum Gasteiger partial charge on any atom is -0.350 e. The maximum Gasteiger partial charge on any atom is 0.370 e. The van der Waals surface area contributed by atoms with Crippen LogP contribution in [-0.2, 0) is 10.3 Å². The van der Waals surface area contributed by atoms with Crippen LogP contribution in [0.4, 0.5) is 4.79 Å². The van der Waals surface area contributed by atoms with Crippen molar-refractivity contribution in [1.82, 2.24) is 4.31 Å². The lowest BCUT2D eigenvalue weighted by atomic mass is 10.2. The van der Waals surface area contributed by atoms with Gasteiger partial charge in [0.05, 0.1) is 0 Å². The summed E-state index contributed by atoms with van der Waals surface area (Å²) in [5.74, 6) is -1.21. The highest BCUT2D eigenvalue weighted by Crippen LogP contribution is 2.07. The Labute approximate surface area is 91.3 Å². The molecule has 8 heteroatoms. The first kappa shape index (κ1) is 12.1. The zero-order valence-electron chi connectivity index (χ0n) is 7.90. The molecule has 86 valence electrons. The molecule has 1 rings (SSSR count). The average Bonchev–Trinajstić information content (AvgIpc) is 2.16. The number of nitrogens with two attached hydrogens (primary N) is 1. The molecule has 0 radical (unpaired) electrons. The number of carbonyl (C=O) groups excluding carboxylic acids is 2. The molecule has 0 aliphatic rings. The van der Waals surface area contributed by atoms with Gasteiger partial charge in [-0.3, -0.25) is 9.35 Å². The Hall–Kier alpha value is -1.93. The summed E-state index contributed by atoms with van der Waals surface area (Å²) in [5.41, 5.74) is 4.60. The molecule has 7 nitrogen and oxygen atoms in total. The molecule has 1 aromatic carbocycles. The van der Waals surface area contributed by atoms with E-state index in [0.29, 0.717) is 0 Å². The van der Waals surface area contributed by atoms with Gasteiger partial charge in [-0.2, -0.15) is 8.42 Å². The quantitative estimate of drug-likeness (QED) is 0.710. The van der Waals surface area contributed by atoms with E-state index in [2.05, 4.69) is 5.73 Å². The maximum absolute atomic E-state index is 11.5. The molecule has 0 aromatic heterocycles. The Balaban J connectivity index is 3.18. The van der Waals surface area contributed by atoms with Gasteiger partial charge in [0.2, 0.25) is 0 Å². The monoisotopic (exact) mass is 244 g/mol. The van der Waals surface area contributed by atoms with Crippen molar-refractivity contribution >= 4 is 22.2 Å². The lowest BCUT2D eigenvalue weighted by molar-refractivity contribution is 0.0882. The van der Waals surface area contributed by atoms with Gasteiger partial charge in [0.15, 0.2) is 0 Å². The Morgan fingerprint density at radius 1 is 1.19 bits per heavy atom. The summed E-state index contributed by atoms with van der Waals surface area (Å²) >= 11 is 0. The maximum atomic E-state index is 11.5. The van der Waals surface area contributed by atoms with Crippen molar-refractivity contribution in [2.75, 3.05) is 0 Å². The summed E-state index contributed by atoms with van der Waals surface area (Å²) in [4.78, 5) is 22.3. The molecule has 3 amide bonds. The summed E-state index contributed by atoms with van der Waals surface area (Å²) in [7, 11) is -5.00. The van der Waals surface area contributed by atoms with E-state index in [1.165, 1.54) is 24.3 Å².